The Morgan fingerprint density at radius 1 is 1.14 bits per heavy atom. The maximum absolute atomic E-state index is 6.16. The van der Waals surface area contributed by atoms with Gasteiger partial charge in [0.15, 0.2) is 5.79 Å². The molecule has 82 valence electrons. The Balaban J connectivity index is 2.15. The zero-order valence-corrected chi connectivity index (χ0v) is 9.80. The van der Waals surface area contributed by atoms with Crippen LogP contribution in [0.4, 0.5) is 0 Å². The fourth-order valence-electron chi connectivity index (χ4n) is 3.01. The highest BCUT2D eigenvalue weighted by molar-refractivity contribution is 4.95. The van der Waals surface area contributed by atoms with E-state index in [4.69, 9.17) is 9.47 Å². The number of ether oxygens (including phenoxy) is 2. The van der Waals surface area contributed by atoms with Gasteiger partial charge in [0, 0.05) is 12.8 Å². The van der Waals surface area contributed by atoms with Crippen molar-refractivity contribution in [2.75, 3.05) is 0 Å². The van der Waals surface area contributed by atoms with Crippen LogP contribution in [0.3, 0.4) is 0 Å². The molecule has 2 nitrogen and oxygen atoms in total. The predicted octanol–water partition coefficient (Wildman–Crippen LogP) is 3.11. The maximum atomic E-state index is 6.16. The molecule has 2 heteroatoms. The van der Waals surface area contributed by atoms with Crippen LogP contribution in [-0.2, 0) is 9.47 Å². The molecule has 1 spiro atoms. The molecule has 0 N–H and O–H groups in total. The molecule has 0 amide bonds. The topological polar surface area (TPSA) is 18.5 Å². The molecule has 0 aromatic carbocycles. The Kier molecular flexibility index (Phi) is 2.39. The first-order valence-corrected chi connectivity index (χ1v) is 5.83. The van der Waals surface area contributed by atoms with Crippen LogP contribution in [-0.4, -0.2) is 17.5 Å². The molecule has 1 saturated heterocycles. The van der Waals surface area contributed by atoms with Crippen molar-refractivity contribution in [2.45, 2.75) is 70.9 Å². The first-order valence-electron chi connectivity index (χ1n) is 5.83. The van der Waals surface area contributed by atoms with Gasteiger partial charge in [-0.1, -0.05) is 13.8 Å². The van der Waals surface area contributed by atoms with Crippen LogP contribution in [0.25, 0.3) is 0 Å². The molecule has 2 aliphatic rings. The van der Waals surface area contributed by atoms with Crippen LogP contribution >= 0.6 is 0 Å². The molecule has 0 aromatic rings. The second-order valence-electron chi connectivity index (χ2n) is 5.61. The van der Waals surface area contributed by atoms with Gasteiger partial charge < -0.3 is 9.47 Å². The number of hydrogen-bond donors (Lipinski definition) is 0. The van der Waals surface area contributed by atoms with Gasteiger partial charge >= 0.3 is 0 Å². The van der Waals surface area contributed by atoms with E-state index in [1.165, 1.54) is 12.8 Å². The number of rotatable bonds is 1. The minimum absolute atomic E-state index is 0.113. The highest BCUT2D eigenvalue weighted by Crippen LogP contribution is 2.47. The van der Waals surface area contributed by atoms with Crippen molar-refractivity contribution >= 4 is 0 Å². The fraction of sp³-hybridized carbons (Fsp3) is 1.00. The van der Waals surface area contributed by atoms with E-state index >= 15 is 0 Å². The van der Waals surface area contributed by atoms with Gasteiger partial charge in [-0.05, 0) is 32.6 Å². The van der Waals surface area contributed by atoms with Crippen LogP contribution in [0.15, 0.2) is 0 Å². The Morgan fingerprint density at radius 2 is 1.71 bits per heavy atom. The smallest absolute Gasteiger partial charge is 0.169 e. The highest BCUT2D eigenvalue weighted by atomic mass is 16.8. The first-order chi connectivity index (χ1) is 6.45. The summed E-state index contributed by atoms with van der Waals surface area (Å²) in [6, 6.07) is 0. The standard InChI is InChI=1S/C12H22O2/c1-9(2)10-11(3,4)14-12(13-10)7-5-6-8-12/h9-10H,5-8H2,1-4H3/t10-/m1/s1. The second kappa shape index (κ2) is 3.21. The second-order valence-corrected chi connectivity index (χ2v) is 5.61. The predicted molar refractivity (Wildman–Crippen MR) is 56.1 cm³/mol. The molecule has 0 aromatic heterocycles. The van der Waals surface area contributed by atoms with Crippen LogP contribution < -0.4 is 0 Å². The van der Waals surface area contributed by atoms with Crippen molar-refractivity contribution in [3.8, 4) is 0 Å². The molecule has 1 saturated carbocycles. The SMILES string of the molecule is CC(C)[C@H]1OC2(CCCC2)OC1(C)C. The van der Waals surface area contributed by atoms with Gasteiger partial charge in [0.25, 0.3) is 0 Å². The summed E-state index contributed by atoms with van der Waals surface area (Å²) in [5.74, 6) is 0.309. The molecule has 1 atom stereocenters. The molecule has 1 aliphatic carbocycles. The van der Waals surface area contributed by atoms with Gasteiger partial charge in [-0.2, -0.15) is 0 Å². The van der Waals surface area contributed by atoms with Gasteiger partial charge in [0.05, 0.1) is 11.7 Å². The Labute approximate surface area is 87.0 Å². The molecule has 0 bridgehead atoms. The largest absolute Gasteiger partial charge is 0.343 e. The van der Waals surface area contributed by atoms with E-state index in [0.29, 0.717) is 5.92 Å². The summed E-state index contributed by atoms with van der Waals surface area (Å²) in [6.45, 7) is 8.74. The molecule has 0 unspecified atom stereocenters. The van der Waals surface area contributed by atoms with Gasteiger partial charge in [-0.25, -0.2) is 0 Å². The van der Waals surface area contributed by atoms with Crippen molar-refractivity contribution in [1.82, 2.24) is 0 Å². The van der Waals surface area contributed by atoms with Crippen LogP contribution in [0, 0.1) is 5.92 Å². The summed E-state index contributed by atoms with van der Waals surface area (Å²) in [4.78, 5) is 0. The van der Waals surface area contributed by atoms with E-state index in [1.54, 1.807) is 0 Å². The molecule has 14 heavy (non-hydrogen) atoms. The zero-order valence-electron chi connectivity index (χ0n) is 9.80. The molecule has 1 aliphatic heterocycles. The first kappa shape index (κ1) is 10.4. The summed E-state index contributed by atoms with van der Waals surface area (Å²) in [5.41, 5.74) is -0.113. The molecular formula is C12H22O2. The van der Waals surface area contributed by atoms with Gasteiger partial charge in [-0.3, -0.25) is 0 Å². The molecular weight excluding hydrogens is 176 g/mol. The third-order valence-corrected chi connectivity index (χ3v) is 3.45. The molecule has 1 heterocycles. The lowest BCUT2D eigenvalue weighted by Gasteiger charge is -2.26. The normalized spacial score (nSPS) is 34.5. The van der Waals surface area contributed by atoms with E-state index in [2.05, 4.69) is 27.7 Å². The van der Waals surface area contributed by atoms with Crippen molar-refractivity contribution in [2.24, 2.45) is 5.92 Å². The summed E-state index contributed by atoms with van der Waals surface area (Å²) in [6.07, 6.45) is 4.92. The van der Waals surface area contributed by atoms with Gasteiger partial charge in [0.1, 0.15) is 0 Å². The van der Waals surface area contributed by atoms with E-state index in [9.17, 15) is 0 Å². The molecule has 2 rings (SSSR count). The van der Waals surface area contributed by atoms with E-state index < -0.39 is 0 Å². The Bertz CT molecular complexity index is 214. The van der Waals surface area contributed by atoms with E-state index in [-0.39, 0.29) is 17.5 Å². The van der Waals surface area contributed by atoms with Crippen molar-refractivity contribution in [3.05, 3.63) is 0 Å². The zero-order chi connectivity index (χ0) is 10.4. The minimum atomic E-state index is -0.224. The lowest BCUT2D eigenvalue weighted by atomic mass is 9.93. The van der Waals surface area contributed by atoms with Crippen molar-refractivity contribution in [1.29, 1.82) is 0 Å². The summed E-state index contributed by atoms with van der Waals surface area (Å²) < 4.78 is 12.3. The Morgan fingerprint density at radius 3 is 2.14 bits per heavy atom. The quantitative estimate of drug-likeness (QED) is 0.644. The minimum Gasteiger partial charge on any atom is -0.343 e. The van der Waals surface area contributed by atoms with Gasteiger partial charge in [-0.15, -0.1) is 0 Å². The lowest BCUT2D eigenvalue weighted by Crippen LogP contribution is -2.36. The van der Waals surface area contributed by atoms with Crippen LogP contribution in [0.5, 0.6) is 0 Å². The summed E-state index contributed by atoms with van der Waals surface area (Å²) in [5, 5.41) is 0. The molecule has 0 radical (unpaired) electrons. The maximum Gasteiger partial charge on any atom is 0.169 e. The van der Waals surface area contributed by atoms with E-state index in [1.807, 2.05) is 0 Å². The summed E-state index contributed by atoms with van der Waals surface area (Å²) in [7, 11) is 0. The monoisotopic (exact) mass is 198 g/mol. The van der Waals surface area contributed by atoms with Crippen LogP contribution in [0.1, 0.15) is 53.4 Å². The Hall–Kier alpha value is -0.0800. The average Bonchev–Trinajstić information content (AvgIpc) is 2.57. The summed E-state index contributed by atoms with van der Waals surface area (Å²) >= 11 is 0. The van der Waals surface area contributed by atoms with Crippen molar-refractivity contribution in [3.63, 3.8) is 0 Å². The van der Waals surface area contributed by atoms with E-state index in [0.717, 1.165) is 12.8 Å². The van der Waals surface area contributed by atoms with Crippen molar-refractivity contribution < 1.29 is 9.47 Å². The molecule has 2 fully saturated rings. The highest BCUT2D eigenvalue weighted by Gasteiger charge is 2.53. The number of hydrogen-bond acceptors (Lipinski definition) is 2. The van der Waals surface area contributed by atoms with Gasteiger partial charge in [0.2, 0.25) is 0 Å². The van der Waals surface area contributed by atoms with Crippen LogP contribution in [0.2, 0.25) is 0 Å². The fourth-order valence-corrected chi connectivity index (χ4v) is 3.01. The lowest BCUT2D eigenvalue weighted by molar-refractivity contribution is -0.181. The third-order valence-electron chi connectivity index (χ3n) is 3.45. The average molecular weight is 198 g/mol. The third kappa shape index (κ3) is 1.59.